The van der Waals surface area contributed by atoms with Gasteiger partial charge in [-0.1, -0.05) is 6.07 Å². The quantitative estimate of drug-likeness (QED) is 0.866. The fourth-order valence-electron chi connectivity index (χ4n) is 3.02. The predicted molar refractivity (Wildman–Crippen MR) is 93.5 cm³/mol. The zero-order valence-electron chi connectivity index (χ0n) is 15.1. The normalized spacial score (nSPS) is 14.0. The van der Waals surface area contributed by atoms with Gasteiger partial charge in [0, 0.05) is 24.3 Å². The summed E-state index contributed by atoms with van der Waals surface area (Å²) in [4.78, 5) is 14.7. The molecule has 0 aliphatic carbocycles. The van der Waals surface area contributed by atoms with E-state index in [9.17, 15) is 4.79 Å². The van der Waals surface area contributed by atoms with Crippen molar-refractivity contribution in [2.45, 2.75) is 33.0 Å². The van der Waals surface area contributed by atoms with E-state index in [-0.39, 0.29) is 12.7 Å². The van der Waals surface area contributed by atoms with Gasteiger partial charge in [-0.25, -0.2) is 0 Å². The molecule has 0 spiro atoms. The maximum Gasteiger partial charge on any atom is 0.242 e. The summed E-state index contributed by atoms with van der Waals surface area (Å²) in [6, 6.07) is 5.21. The Kier molecular flexibility index (Phi) is 4.94. The van der Waals surface area contributed by atoms with Crippen LogP contribution in [-0.2, 0) is 17.9 Å². The summed E-state index contributed by atoms with van der Waals surface area (Å²) < 4.78 is 12.7. The molecule has 3 rings (SSSR count). The highest BCUT2D eigenvalue weighted by Gasteiger charge is 2.25. The Morgan fingerprint density at radius 1 is 1.36 bits per heavy atom. The number of nitrogens with one attached hydrogen (secondary N) is 1. The molecule has 0 saturated heterocycles. The van der Waals surface area contributed by atoms with Gasteiger partial charge in [0.15, 0.2) is 11.5 Å². The summed E-state index contributed by atoms with van der Waals surface area (Å²) in [6.07, 6.45) is 1.81. The number of hydrogen-bond acceptors (Lipinski definition) is 5. The van der Waals surface area contributed by atoms with Crippen LogP contribution in [0.3, 0.4) is 0 Å². The van der Waals surface area contributed by atoms with E-state index in [1.807, 2.05) is 61.9 Å². The first kappa shape index (κ1) is 17.3. The van der Waals surface area contributed by atoms with E-state index in [4.69, 9.17) is 9.47 Å². The average Bonchev–Trinajstić information content (AvgIpc) is 3.18. The molecule has 2 heterocycles. The van der Waals surface area contributed by atoms with Crippen molar-refractivity contribution in [2.75, 3.05) is 20.9 Å². The SMILES string of the molecule is CCn1ncc(CNC(=O)[C@@H](c2ccc3c(c2)OCO3)N(C)C)c1C. The number of hydrogen-bond donors (Lipinski definition) is 1. The minimum atomic E-state index is -0.406. The third kappa shape index (κ3) is 3.46. The maximum atomic E-state index is 12.8. The van der Waals surface area contributed by atoms with E-state index < -0.39 is 6.04 Å². The fraction of sp³-hybridized carbons (Fsp3) is 0.444. The number of ether oxygens (including phenoxy) is 2. The number of benzene rings is 1. The third-order valence-electron chi connectivity index (χ3n) is 4.43. The van der Waals surface area contributed by atoms with E-state index in [0.717, 1.165) is 23.4 Å². The lowest BCUT2D eigenvalue weighted by atomic mass is 10.0. The van der Waals surface area contributed by atoms with Crippen LogP contribution >= 0.6 is 0 Å². The van der Waals surface area contributed by atoms with E-state index in [2.05, 4.69) is 10.4 Å². The Bertz CT molecular complexity index is 770. The topological polar surface area (TPSA) is 68.6 Å². The first-order chi connectivity index (χ1) is 12.0. The van der Waals surface area contributed by atoms with Crippen molar-refractivity contribution in [3.8, 4) is 11.5 Å². The van der Waals surface area contributed by atoms with Gasteiger partial charge < -0.3 is 14.8 Å². The average molecular weight is 344 g/mol. The number of rotatable bonds is 6. The molecule has 1 aliphatic heterocycles. The summed E-state index contributed by atoms with van der Waals surface area (Å²) in [5.74, 6) is 1.33. The largest absolute Gasteiger partial charge is 0.454 e. The molecule has 1 aromatic carbocycles. The van der Waals surface area contributed by atoms with Gasteiger partial charge in [0.1, 0.15) is 6.04 Å². The molecule has 0 radical (unpaired) electrons. The number of amides is 1. The second kappa shape index (κ2) is 7.14. The van der Waals surface area contributed by atoms with Crippen molar-refractivity contribution >= 4 is 5.91 Å². The van der Waals surface area contributed by atoms with E-state index in [1.165, 1.54) is 0 Å². The Balaban J connectivity index is 1.74. The van der Waals surface area contributed by atoms with E-state index in [1.54, 1.807) is 0 Å². The zero-order chi connectivity index (χ0) is 18.0. The van der Waals surface area contributed by atoms with Crippen LogP contribution < -0.4 is 14.8 Å². The first-order valence-corrected chi connectivity index (χ1v) is 8.36. The summed E-state index contributed by atoms with van der Waals surface area (Å²) in [6.45, 7) is 5.55. The van der Waals surface area contributed by atoms with Crippen LogP contribution in [0.5, 0.6) is 11.5 Å². The van der Waals surface area contributed by atoms with Crippen molar-refractivity contribution < 1.29 is 14.3 Å². The van der Waals surface area contributed by atoms with Crippen LogP contribution in [0.15, 0.2) is 24.4 Å². The zero-order valence-corrected chi connectivity index (χ0v) is 15.1. The van der Waals surface area contributed by atoms with Gasteiger partial charge >= 0.3 is 0 Å². The molecule has 2 aromatic rings. The number of likely N-dealkylation sites (N-methyl/N-ethyl adjacent to an activating group) is 1. The third-order valence-corrected chi connectivity index (χ3v) is 4.43. The van der Waals surface area contributed by atoms with E-state index in [0.29, 0.717) is 18.0 Å². The summed E-state index contributed by atoms with van der Waals surface area (Å²) >= 11 is 0. The van der Waals surface area contributed by atoms with Crippen LogP contribution in [0.1, 0.15) is 29.8 Å². The van der Waals surface area contributed by atoms with Crippen LogP contribution in [0.2, 0.25) is 0 Å². The fourth-order valence-corrected chi connectivity index (χ4v) is 3.02. The van der Waals surface area contributed by atoms with Crippen LogP contribution in [-0.4, -0.2) is 41.5 Å². The van der Waals surface area contributed by atoms with Gasteiger partial charge in [0.05, 0.1) is 6.20 Å². The summed E-state index contributed by atoms with van der Waals surface area (Å²) in [5, 5.41) is 7.33. The van der Waals surface area contributed by atoms with Gasteiger partial charge in [-0.2, -0.15) is 5.10 Å². The molecule has 1 atom stereocenters. The predicted octanol–water partition coefficient (Wildman–Crippen LogP) is 1.86. The lowest BCUT2D eigenvalue weighted by Gasteiger charge is -2.24. The molecule has 0 saturated carbocycles. The molecule has 134 valence electrons. The molecule has 0 fully saturated rings. The summed E-state index contributed by atoms with van der Waals surface area (Å²) in [5.41, 5.74) is 2.97. The summed E-state index contributed by atoms with van der Waals surface area (Å²) in [7, 11) is 3.77. The standard InChI is InChI=1S/C18H24N4O3/c1-5-22-12(2)14(10-20-22)9-19-18(23)17(21(3)4)13-6-7-15-16(8-13)25-11-24-15/h6-8,10,17H,5,9,11H2,1-4H3,(H,19,23)/t17-/m1/s1. The van der Waals surface area contributed by atoms with Gasteiger partial charge in [-0.05, 0) is 45.6 Å². The Hall–Kier alpha value is -2.54. The lowest BCUT2D eigenvalue weighted by Crippen LogP contribution is -2.36. The molecule has 1 aliphatic rings. The Labute approximate surface area is 147 Å². The van der Waals surface area contributed by atoms with Gasteiger partial charge in [-0.3, -0.25) is 14.4 Å². The van der Waals surface area contributed by atoms with Crippen LogP contribution in [0.25, 0.3) is 0 Å². The highest BCUT2D eigenvalue weighted by molar-refractivity contribution is 5.83. The molecule has 0 bridgehead atoms. The van der Waals surface area contributed by atoms with Crippen LogP contribution in [0.4, 0.5) is 0 Å². The van der Waals surface area contributed by atoms with Crippen LogP contribution in [0, 0.1) is 6.92 Å². The van der Waals surface area contributed by atoms with Gasteiger partial charge in [0.2, 0.25) is 12.7 Å². The van der Waals surface area contributed by atoms with Crippen molar-refractivity contribution in [2.24, 2.45) is 0 Å². The molecule has 7 heteroatoms. The van der Waals surface area contributed by atoms with Crippen molar-refractivity contribution in [3.05, 3.63) is 41.2 Å². The molecule has 0 unspecified atom stereocenters. The molecule has 25 heavy (non-hydrogen) atoms. The molecular formula is C18H24N4O3. The number of carbonyl (C=O) groups is 1. The number of aromatic nitrogens is 2. The van der Waals surface area contributed by atoms with E-state index >= 15 is 0 Å². The number of nitrogens with zero attached hydrogens (tertiary/aromatic N) is 3. The second-order valence-corrected chi connectivity index (χ2v) is 6.27. The Morgan fingerprint density at radius 2 is 2.12 bits per heavy atom. The van der Waals surface area contributed by atoms with Crippen molar-refractivity contribution in [1.82, 2.24) is 20.0 Å². The molecule has 1 aromatic heterocycles. The monoisotopic (exact) mass is 344 g/mol. The molecule has 1 amide bonds. The van der Waals surface area contributed by atoms with Crippen molar-refractivity contribution in [1.29, 1.82) is 0 Å². The highest BCUT2D eigenvalue weighted by atomic mass is 16.7. The van der Waals surface area contributed by atoms with Gasteiger partial charge in [-0.15, -0.1) is 0 Å². The number of carbonyl (C=O) groups excluding carboxylic acids is 1. The molecule has 1 N–H and O–H groups in total. The highest BCUT2D eigenvalue weighted by Crippen LogP contribution is 2.35. The van der Waals surface area contributed by atoms with Gasteiger partial charge in [0.25, 0.3) is 0 Å². The minimum absolute atomic E-state index is 0.0625. The Morgan fingerprint density at radius 3 is 2.80 bits per heavy atom. The van der Waals surface area contributed by atoms with Crippen molar-refractivity contribution in [3.63, 3.8) is 0 Å². The second-order valence-electron chi connectivity index (χ2n) is 6.27. The number of fused-ring (bicyclic) bond motifs is 1. The first-order valence-electron chi connectivity index (χ1n) is 8.36. The maximum absolute atomic E-state index is 12.8. The number of aryl methyl sites for hydroxylation is 1. The minimum Gasteiger partial charge on any atom is -0.454 e. The molecule has 7 nitrogen and oxygen atoms in total. The molecular weight excluding hydrogens is 320 g/mol. The smallest absolute Gasteiger partial charge is 0.242 e. The lowest BCUT2D eigenvalue weighted by molar-refractivity contribution is -0.125.